The van der Waals surface area contributed by atoms with Crippen LogP contribution < -0.4 is 0 Å². The maximum Gasteiger partial charge on any atom is 0.140 e. The van der Waals surface area contributed by atoms with E-state index >= 15 is 0 Å². The number of carbonyl (C=O) groups excluding carboxylic acids is 2. The molecule has 0 amide bonds. The predicted molar refractivity (Wildman–Crippen MR) is 55.0 cm³/mol. The fourth-order valence-corrected chi connectivity index (χ4v) is 2.26. The van der Waals surface area contributed by atoms with Crippen molar-refractivity contribution in [1.82, 2.24) is 0 Å². The topological polar surface area (TPSA) is 34.1 Å². The highest BCUT2D eigenvalue weighted by molar-refractivity contribution is 7.98. The van der Waals surface area contributed by atoms with Crippen LogP contribution in [0.5, 0.6) is 0 Å². The van der Waals surface area contributed by atoms with E-state index < -0.39 is 0 Å². The normalized spacial score (nSPS) is 19.5. The van der Waals surface area contributed by atoms with E-state index in [0.29, 0.717) is 18.8 Å². The Hall–Kier alpha value is -0.310. The van der Waals surface area contributed by atoms with Crippen LogP contribution in [0.3, 0.4) is 0 Å². The molecule has 1 aliphatic carbocycles. The first-order valence-corrected chi connectivity index (χ1v) is 6.14. The second-order valence-electron chi connectivity index (χ2n) is 3.66. The molecule has 0 bridgehead atoms. The van der Waals surface area contributed by atoms with E-state index in [1.807, 2.05) is 11.8 Å². The van der Waals surface area contributed by atoms with Crippen LogP contribution in [0, 0.1) is 5.92 Å². The van der Waals surface area contributed by atoms with Gasteiger partial charge in [-0.3, -0.25) is 9.59 Å². The zero-order valence-electron chi connectivity index (χ0n) is 8.04. The van der Waals surface area contributed by atoms with Gasteiger partial charge in [-0.2, -0.15) is 11.8 Å². The summed E-state index contributed by atoms with van der Waals surface area (Å²) in [4.78, 5) is 22.2. The zero-order valence-corrected chi connectivity index (χ0v) is 8.86. The summed E-state index contributed by atoms with van der Waals surface area (Å²) in [6.07, 6.45) is 5.72. The summed E-state index contributed by atoms with van der Waals surface area (Å²) in [5.74, 6) is 1.77. The van der Waals surface area contributed by atoms with Crippen LogP contribution >= 0.6 is 11.8 Å². The van der Waals surface area contributed by atoms with Crippen molar-refractivity contribution in [2.24, 2.45) is 5.92 Å². The summed E-state index contributed by atoms with van der Waals surface area (Å²) in [5, 5.41) is 0. The highest BCUT2D eigenvalue weighted by atomic mass is 32.2. The Morgan fingerprint density at radius 1 is 1.31 bits per heavy atom. The molecule has 1 fully saturated rings. The number of rotatable bonds is 4. The molecule has 0 saturated heterocycles. The summed E-state index contributed by atoms with van der Waals surface area (Å²) >= 11 is 1.82. The highest BCUT2D eigenvalue weighted by Gasteiger charge is 2.24. The van der Waals surface area contributed by atoms with Crippen molar-refractivity contribution in [3.63, 3.8) is 0 Å². The Morgan fingerprint density at radius 2 is 1.92 bits per heavy atom. The van der Waals surface area contributed by atoms with E-state index in [0.717, 1.165) is 18.6 Å². The zero-order chi connectivity index (χ0) is 9.68. The van der Waals surface area contributed by atoms with Crippen LogP contribution in [0.25, 0.3) is 0 Å². The van der Waals surface area contributed by atoms with Gasteiger partial charge in [-0.1, -0.05) is 0 Å². The van der Waals surface area contributed by atoms with Gasteiger partial charge in [0, 0.05) is 12.8 Å². The quantitative estimate of drug-likeness (QED) is 0.514. The third-order valence-electron chi connectivity index (χ3n) is 2.39. The molecule has 0 radical (unpaired) electrons. The van der Waals surface area contributed by atoms with Crippen LogP contribution in [0.4, 0.5) is 0 Å². The SMILES string of the molecule is CSCCCC1CC(=O)CC(=O)C1. The van der Waals surface area contributed by atoms with E-state index in [4.69, 9.17) is 0 Å². The first-order chi connectivity index (χ1) is 6.22. The van der Waals surface area contributed by atoms with E-state index in [2.05, 4.69) is 6.26 Å². The lowest BCUT2D eigenvalue weighted by Crippen LogP contribution is -2.22. The summed E-state index contributed by atoms with van der Waals surface area (Å²) in [6, 6.07) is 0. The molecule has 1 rings (SSSR count). The molecule has 0 atom stereocenters. The van der Waals surface area contributed by atoms with Crippen LogP contribution in [-0.2, 0) is 9.59 Å². The number of ketones is 2. The van der Waals surface area contributed by atoms with E-state index in [1.54, 1.807) is 0 Å². The molecule has 74 valence electrons. The molecule has 0 aromatic heterocycles. The highest BCUT2D eigenvalue weighted by Crippen LogP contribution is 2.23. The average Bonchev–Trinajstić information content (AvgIpc) is 2.03. The van der Waals surface area contributed by atoms with Gasteiger partial charge in [0.1, 0.15) is 11.6 Å². The molecule has 1 aliphatic rings. The summed E-state index contributed by atoms with van der Waals surface area (Å²) < 4.78 is 0. The fourth-order valence-electron chi connectivity index (χ4n) is 1.80. The lowest BCUT2D eigenvalue weighted by molar-refractivity contribution is -0.131. The first-order valence-electron chi connectivity index (χ1n) is 4.74. The maximum absolute atomic E-state index is 11.1. The lowest BCUT2D eigenvalue weighted by Gasteiger charge is -2.19. The van der Waals surface area contributed by atoms with E-state index in [9.17, 15) is 9.59 Å². The Morgan fingerprint density at radius 3 is 2.46 bits per heavy atom. The van der Waals surface area contributed by atoms with Crippen LogP contribution in [0.2, 0.25) is 0 Å². The standard InChI is InChI=1S/C10H16O2S/c1-13-4-2-3-8-5-9(11)7-10(12)6-8/h8H,2-7H2,1H3. The van der Waals surface area contributed by atoms with E-state index in [1.165, 1.54) is 0 Å². The molecule has 0 unspecified atom stereocenters. The first kappa shape index (κ1) is 10.8. The third-order valence-corrected chi connectivity index (χ3v) is 3.08. The number of hydrogen-bond donors (Lipinski definition) is 0. The lowest BCUT2D eigenvalue weighted by atomic mass is 9.85. The Kier molecular flexibility index (Phi) is 4.50. The van der Waals surface area contributed by atoms with Gasteiger partial charge in [0.2, 0.25) is 0 Å². The van der Waals surface area contributed by atoms with Crippen LogP contribution in [-0.4, -0.2) is 23.6 Å². The van der Waals surface area contributed by atoms with Gasteiger partial charge in [0.15, 0.2) is 0 Å². The Labute approximate surface area is 83.5 Å². The number of thioether (sulfide) groups is 1. The fraction of sp³-hybridized carbons (Fsp3) is 0.800. The van der Waals surface area contributed by atoms with Crippen molar-refractivity contribution in [2.75, 3.05) is 12.0 Å². The molecular weight excluding hydrogens is 184 g/mol. The van der Waals surface area contributed by atoms with Gasteiger partial charge in [0.25, 0.3) is 0 Å². The molecule has 0 aromatic rings. The molecule has 0 heterocycles. The summed E-state index contributed by atoms with van der Waals surface area (Å²) in [5.41, 5.74) is 0. The molecule has 3 heteroatoms. The molecule has 1 saturated carbocycles. The van der Waals surface area contributed by atoms with Crippen molar-refractivity contribution in [2.45, 2.75) is 32.1 Å². The van der Waals surface area contributed by atoms with E-state index in [-0.39, 0.29) is 18.0 Å². The van der Waals surface area contributed by atoms with Gasteiger partial charge in [-0.15, -0.1) is 0 Å². The number of Topliss-reactive ketones (excluding diaryl/α,β-unsaturated/α-hetero) is 2. The summed E-state index contributed by atoms with van der Waals surface area (Å²) in [7, 11) is 0. The molecule has 0 aromatic carbocycles. The number of hydrogen-bond acceptors (Lipinski definition) is 3. The molecule has 13 heavy (non-hydrogen) atoms. The van der Waals surface area contributed by atoms with Crippen molar-refractivity contribution in [1.29, 1.82) is 0 Å². The second kappa shape index (κ2) is 5.43. The molecule has 0 N–H and O–H groups in total. The molecule has 0 spiro atoms. The minimum Gasteiger partial charge on any atom is -0.299 e. The minimum absolute atomic E-state index is 0.144. The van der Waals surface area contributed by atoms with Crippen molar-refractivity contribution < 1.29 is 9.59 Å². The van der Waals surface area contributed by atoms with Crippen molar-refractivity contribution in [3.05, 3.63) is 0 Å². The molecular formula is C10H16O2S. The second-order valence-corrected chi connectivity index (χ2v) is 4.65. The summed E-state index contributed by atoms with van der Waals surface area (Å²) in [6.45, 7) is 0. The number of carbonyl (C=O) groups is 2. The van der Waals surface area contributed by atoms with Crippen molar-refractivity contribution in [3.8, 4) is 0 Å². The minimum atomic E-state index is 0.144. The molecule has 0 aliphatic heterocycles. The smallest absolute Gasteiger partial charge is 0.140 e. The third kappa shape index (κ3) is 3.94. The van der Waals surface area contributed by atoms with Crippen molar-refractivity contribution >= 4 is 23.3 Å². The monoisotopic (exact) mass is 200 g/mol. The van der Waals surface area contributed by atoms with Gasteiger partial charge >= 0.3 is 0 Å². The van der Waals surface area contributed by atoms with Crippen LogP contribution in [0.1, 0.15) is 32.1 Å². The maximum atomic E-state index is 11.1. The Balaban J connectivity index is 2.25. The van der Waals surface area contributed by atoms with Gasteiger partial charge in [-0.25, -0.2) is 0 Å². The van der Waals surface area contributed by atoms with Crippen LogP contribution in [0.15, 0.2) is 0 Å². The van der Waals surface area contributed by atoms with Gasteiger partial charge in [0.05, 0.1) is 6.42 Å². The molecule has 2 nitrogen and oxygen atoms in total. The van der Waals surface area contributed by atoms with Gasteiger partial charge in [-0.05, 0) is 30.8 Å². The average molecular weight is 200 g/mol. The Bertz CT molecular complexity index is 185. The predicted octanol–water partition coefficient (Wildman–Crippen LogP) is 2.07. The largest absolute Gasteiger partial charge is 0.299 e. The van der Waals surface area contributed by atoms with Gasteiger partial charge < -0.3 is 0 Å².